The molecule has 13 heavy (non-hydrogen) atoms. The molecule has 0 radical (unpaired) electrons. The maximum Gasteiger partial charge on any atom is 0.267 e. The summed E-state index contributed by atoms with van der Waals surface area (Å²) in [4.78, 5) is 8.40. The predicted molar refractivity (Wildman–Crippen MR) is 44.8 cm³/mol. The van der Waals surface area contributed by atoms with Gasteiger partial charge in [-0.3, -0.25) is 4.98 Å². The molecule has 0 saturated heterocycles. The van der Waals surface area contributed by atoms with Crippen molar-refractivity contribution in [1.29, 1.82) is 0 Å². The average molecular weight is 176 g/mol. The van der Waals surface area contributed by atoms with Gasteiger partial charge in [0.15, 0.2) is 0 Å². The molecule has 0 fully saturated rings. The van der Waals surface area contributed by atoms with Gasteiger partial charge >= 0.3 is 0 Å². The highest BCUT2D eigenvalue weighted by atomic mass is 16.4. The molecule has 2 rings (SSSR count). The van der Waals surface area contributed by atoms with Crippen molar-refractivity contribution < 1.29 is 4.42 Å². The normalized spacial score (nSPS) is 10.3. The van der Waals surface area contributed by atoms with Gasteiger partial charge in [0, 0.05) is 0 Å². The molecule has 0 aliphatic carbocycles. The van der Waals surface area contributed by atoms with Gasteiger partial charge in [0.2, 0.25) is 6.39 Å². The van der Waals surface area contributed by atoms with Crippen molar-refractivity contribution in [1.82, 2.24) is 20.2 Å². The second kappa shape index (κ2) is 2.93. The molecule has 0 N–H and O–H groups in total. The lowest BCUT2D eigenvalue weighted by atomic mass is 10.3. The molecular formula is C8H8N4O. The first kappa shape index (κ1) is 7.85. The molecule has 0 unspecified atom stereocenters. The minimum atomic E-state index is 0.399. The van der Waals surface area contributed by atoms with E-state index in [1.54, 1.807) is 6.20 Å². The van der Waals surface area contributed by atoms with Crippen LogP contribution in [0.1, 0.15) is 11.4 Å². The van der Waals surface area contributed by atoms with E-state index < -0.39 is 0 Å². The monoisotopic (exact) mass is 176 g/mol. The van der Waals surface area contributed by atoms with Gasteiger partial charge in [-0.2, -0.15) is 0 Å². The summed E-state index contributed by atoms with van der Waals surface area (Å²) < 4.78 is 4.99. The zero-order valence-electron chi connectivity index (χ0n) is 7.35. The first-order valence-electron chi connectivity index (χ1n) is 3.84. The van der Waals surface area contributed by atoms with Crippen LogP contribution in [0.4, 0.5) is 0 Å². The Morgan fingerprint density at radius 3 is 2.69 bits per heavy atom. The van der Waals surface area contributed by atoms with Crippen molar-refractivity contribution in [3.05, 3.63) is 24.0 Å². The fourth-order valence-electron chi connectivity index (χ4n) is 0.930. The third-order valence-electron chi connectivity index (χ3n) is 1.77. The zero-order valence-corrected chi connectivity index (χ0v) is 7.35. The van der Waals surface area contributed by atoms with Crippen LogP contribution < -0.4 is 0 Å². The van der Waals surface area contributed by atoms with Gasteiger partial charge in [0.25, 0.3) is 5.89 Å². The number of nitrogens with zero attached hydrogens (tertiary/aromatic N) is 4. The Kier molecular flexibility index (Phi) is 1.77. The third kappa shape index (κ3) is 1.40. The van der Waals surface area contributed by atoms with E-state index >= 15 is 0 Å². The Hall–Kier alpha value is -1.78. The third-order valence-corrected chi connectivity index (χ3v) is 1.77. The topological polar surface area (TPSA) is 64.7 Å². The number of hydrogen-bond acceptors (Lipinski definition) is 5. The van der Waals surface area contributed by atoms with E-state index in [0.29, 0.717) is 11.6 Å². The lowest BCUT2D eigenvalue weighted by Gasteiger charge is -1.98. The van der Waals surface area contributed by atoms with Gasteiger partial charge in [0.05, 0.1) is 17.6 Å². The quantitative estimate of drug-likeness (QED) is 0.651. The second-order valence-electron chi connectivity index (χ2n) is 2.67. The van der Waals surface area contributed by atoms with Crippen molar-refractivity contribution in [2.24, 2.45) is 0 Å². The number of rotatable bonds is 1. The summed E-state index contributed by atoms with van der Waals surface area (Å²) in [5.41, 5.74) is 2.39. The highest BCUT2D eigenvalue weighted by Gasteiger charge is 2.06. The van der Waals surface area contributed by atoms with E-state index in [2.05, 4.69) is 20.2 Å². The van der Waals surface area contributed by atoms with E-state index in [4.69, 9.17) is 4.42 Å². The van der Waals surface area contributed by atoms with Crippen molar-refractivity contribution in [3.8, 4) is 11.6 Å². The predicted octanol–water partition coefficient (Wildman–Crippen LogP) is 1.14. The molecule has 0 amide bonds. The van der Waals surface area contributed by atoms with Crippen molar-refractivity contribution in [2.75, 3.05) is 0 Å². The van der Waals surface area contributed by atoms with Gasteiger partial charge < -0.3 is 4.42 Å². The molecule has 0 aromatic carbocycles. The van der Waals surface area contributed by atoms with Crippen LogP contribution in [0.5, 0.6) is 0 Å². The number of aromatic nitrogens is 4. The molecule has 2 aromatic heterocycles. The lowest BCUT2D eigenvalue weighted by Crippen LogP contribution is -1.93. The largest absolute Gasteiger partial charge is 0.422 e. The van der Waals surface area contributed by atoms with Crippen LogP contribution >= 0.6 is 0 Å². The van der Waals surface area contributed by atoms with E-state index in [1.807, 2.05) is 13.8 Å². The molecule has 66 valence electrons. The second-order valence-corrected chi connectivity index (χ2v) is 2.67. The summed E-state index contributed by atoms with van der Waals surface area (Å²) in [7, 11) is 0. The van der Waals surface area contributed by atoms with Crippen molar-refractivity contribution >= 4 is 0 Å². The maximum absolute atomic E-state index is 4.99. The van der Waals surface area contributed by atoms with Crippen LogP contribution in [0.2, 0.25) is 0 Å². The molecular weight excluding hydrogens is 168 g/mol. The molecule has 0 bridgehead atoms. The first-order valence-corrected chi connectivity index (χ1v) is 3.84. The van der Waals surface area contributed by atoms with Gasteiger partial charge in [-0.1, -0.05) is 0 Å². The molecule has 0 saturated carbocycles. The summed E-state index contributed by atoms with van der Waals surface area (Å²) in [6.07, 6.45) is 2.89. The molecule has 0 spiro atoms. The summed E-state index contributed by atoms with van der Waals surface area (Å²) in [5, 5.41) is 7.30. The molecule has 5 nitrogen and oxygen atoms in total. The number of hydrogen-bond donors (Lipinski definition) is 0. The summed E-state index contributed by atoms with van der Waals surface area (Å²) >= 11 is 0. The molecule has 0 aliphatic heterocycles. The van der Waals surface area contributed by atoms with Crippen LogP contribution in [-0.4, -0.2) is 20.2 Å². The minimum absolute atomic E-state index is 0.399. The van der Waals surface area contributed by atoms with E-state index in [-0.39, 0.29) is 0 Å². The molecule has 2 heterocycles. The van der Waals surface area contributed by atoms with Crippen LogP contribution in [0.15, 0.2) is 17.0 Å². The SMILES string of the molecule is Cc1ncc(-c2nnco2)nc1C. The highest BCUT2D eigenvalue weighted by molar-refractivity contribution is 5.44. The van der Waals surface area contributed by atoms with Crippen LogP contribution in [0, 0.1) is 13.8 Å². The van der Waals surface area contributed by atoms with E-state index in [0.717, 1.165) is 11.4 Å². The molecule has 0 atom stereocenters. The Morgan fingerprint density at radius 1 is 1.23 bits per heavy atom. The highest BCUT2D eigenvalue weighted by Crippen LogP contribution is 2.12. The first-order chi connectivity index (χ1) is 6.27. The summed E-state index contributed by atoms with van der Waals surface area (Å²) in [5.74, 6) is 0.399. The molecule has 2 aromatic rings. The smallest absolute Gasteiger partial charge is 0.267 e. The van der Waals surface area contributed by atoms with E-state index in [1.165, 1.54) is 6.39 Å². The fraction of sp³-hybridized carbons (Fsp3) is 0.250. The van der Waals surface area contributed by atoms with Crippen LogP contribution in [0.3, 0.4) is 0 Å². The Labute approximate surface area is 74.9 Å². The minimum Gasteiger partial charge on any atom is -0.422 e. The van der Waals surface area contributed by atoms with Gasteiger partial charge in [-0.15, -0.1) is 10.2 Å². The Balaban J connectivity index is 2.49. The Bertz CT molecular complexity index is 410. The van der Waals surface area contributed by atoms with Crippen molar-refractivity contribution in [2.45, 2.75) is 13.8 Å². The maximum atomic E-state index is 4.99. The Morgan fingerprint density at radius 2 is 2.08 bits per heavy atom. The summed E-state index contributed by atoms with van der Waals surface area (Å²) in [6.45, 7) is 3.79. The average Bonchev–Trinajstić information content (AvgIpc) is 2.62. The van der Waals surface area contributed by atoms with Gasteiger partial charge in [0.1, 0.15) is 5.69 Å². The lowest BCUT2D eigenvalue weighted by molar-refractivity contribution is 0.565. The van der Waals surface area contributed by atoms with Crippen molar-refractivity contribution in [3.63, 3.8) is 0 Å². The number of aryl methyl sites for hydroxylation is 2. The van der Waals surface area contributed by atoms with E-state index in [9.17, 15) is 0 Å². The summed E-state index contributed by atoms with van der Waals surface area (Å²) in [6, 6.07) is 0. The van der Waals surface area contributed by atoms with Gasteiger partial charge in [-0.25, -0.2) is 4.98 Å². The van der Waals surface area contributed by atoms with Gasteiger partial charge in [-0.05, 0) is 13.8 Å². The van der Waals surface area contributed by atoms with Crippen LogP contribution in [-0.2, 0) is 0 Å². The molecule has 5 heteroatoms. The zero-order chi connectivity index (χ0) is 9.26. The standard InChI is InChI=1S/C8H8N4O/c1-5-6(2)11-7(3-9-5)8-12-10-4-13-8/h3-4H,1-2H3. The molecule has 0 aliphatic rings. The fourth-order valence-corrected chi connectivity index (χ4v) is 0.930. The van der Waals surface area contributed by atoms with Crippen LogP contribution in [0.25, 0.3) is 11.6 Å².